The predicted octanol–water partition coefficient (Wildman–Crippen LogP) is 1.37. The van der Waals surface area contributed by atoms with Gasteiger partial charge in [0.2, 0.25) is 5.91 Å². The third kappa shape index (κ3) is 3.10. The van der Waals surface area contributed by atoms with Crippen LogP contribution in [0, 0.1) is 11.3 Å². The Kier molecular flexibility index (Phi) is 5.00. The normalized spacial score (nSPS) is 25.6. The van der Waals surface area contributed by atoms with Crippen molar-refractivity contribution < 1.29 is 19.4 Å². The molecular formula is C18H23N3O4. The van der Waals surface area contributed by atoms with E-state index in [1.807, 2.05) is 0 Å². The molecular weight excluding hydrogens is 322 g/mol. The third-order valence-electron chi connectivity index (χ3n) is 5.08. The first-order chi connectivity index (χ1) is 12.1. The van der Waals surface area contributed by atoms with E-state index in [4.69, 9.17) is 9.47 Å². The summed E-state index contributed by atoms with van der Waals surface area (Å²) in [5, 5.41) is 22.5. The maximum absolute atomic E-state index is 12.8. The fourth-order valence-corrected chi connectivity index (χ4v) is 3.86. The lowest BCUT2D eigenvalue weighted by atomic mass is 9.93. The van der Waals surface area contributed by atoms with Crippen molar-refractivity contribution in [2.75, 3.05) is 27.3 Å². The van der Waals surface area contributed by atoms with E-state index in [2.05, 4.69) is 11.4 Å². The average Bonchev–Trinajstić information content (AvgIpc) is 3.30. The summed E-state index contributed by atoms with van der Waals surface area (Å²) in [4.78, 5) is 14.4. The lowest BCUT2D eigenvalue weighted by Crippen LogP contribution is -2.45. The number of hydrogen-bond acceptors (Lipinski definition) is 6. The van der Waals surface area contributed by atoms with Crippen LogP contribution in [0.15, 0.2) is 12.1 Å². The predicted molar refractivity (Wildman–Crippen MR) is 90.7 cm³/mol. The molecule has 2 aliphatic heterocycles. The highest BCUT2D eigenvalue weighted by Gasteiger charge is 2.39. The zero-order chi connectivity index (χ0) is 18.0. The molecule has 2 N–H and O–H groups in total. The fraction of sp³-hybridized carbons (Fsp3) is 0.556. The first kappa shape index (κ1) is 17.4. The number of carbonyl (C=O) groups is 1. The van der Waals surface area contributed by atoms with Crippen molar-refractivity contribution in [3.05, 3.63) is 17.7 Å². The Morgan fingerprint density at radius 3 is 2.88 bits per heavy atom. The van der Waals surface area contributed by atoms with Gasteiger partial charge in [-0.25, -0.2) is 0 Å². The van der Waals surface area contributed by atoms with Gasteiger partial charge in [0.05, 0.1) is 26.3 Å². The number of hydrogen-bond donors (Lipinski definition) is 2. The zero-order valence-corrected chi connectivity index (χ0v) is 14.5. The molecule has 2 heterocycles. The van der Waals surface area contributed by atoms with Crippen molar-refractivity contribution in [2.24, 2.45) is 0 Å². The highest BCUT2D eigenvalue weighted by Crippen LogP contribution is 2.44. The van der Waals surface area contributed by atoms with Crippen molar-refractivity contribution >= 4 is 5.91 Å². The summed E-state index contributed by atoms with van der Waals surface area (Å²) in [7, 11) is 3.08. The average molecular weight is 345 g/mol. The lowest BCUT2D eigenvalue weighted by Gasteiger charge is -2.23. The van der Waals surface area contributed by atoms with E-state index in [1.54, 1.807) is 18.1 Å². The molecule has 134 valence electrons. The number of likely N-dealkylation sites (tertiary alicyclic amines) is 1. The Morgan fingerprint density at radius 1 is 1.40 bits per heavy atom. The summed E-state index contributed by atoms with van der Waals surface area (Å²) in [6.07, 6.45) is 2.19. The number of methoxy groups -OCH3 is 2. The molecule has 2 fully saturated rings. The van der Waals surface area contributed by atoms with E-state index in [-0.39, 0.29) is 29.7 Å². The highest BCUT2D eigenvalue weighted by atomic mass is 16.5. The van der Waals surface area contributed by atoms with Crippen LogP contribution >= 0.6 is 0 Å². The molecule has 1 aromatic rings. The molecule has 25 heavy (non-hydrogen) atoms. The fourth-order valence-electron chi connectivity index (χ4n) is 3.86. The zero-order valence-electron chi connectivity index (χ0n) is 14.5. The second kappa shape index (κ2) is 7.19. The molecule has 3 rings (SSSR count). The Balaban J connectivity index is 1.81. The Labute approximate surface area is 147 Å². The van der Waals surface area contributed by atoms with Gasteiger partial charge in [0.1, 0.15) is 11.8 Å². The van der Waals surface area contributed by atoms with Gasteiger partial charge in [-0.15, -0.1) is 0 Å². The number of amides is 1. The third-order valence-corrected chi connectivity index (χ3v) is 5.08. The van der Waals surface area contributed by atoms with Crippen molar-refractivity contribution in [3.8, 4) is 23.3 Å². The minimum absolute atomic E-state index is 0.0194. The molecule has 2 saturated heterocycles. The van der Waals surface area contributed by atoms with Gasteiger partial charge in [-0.1, -0.05) is 0 Å². The summed E-state index contributed by atoms with van der Waals surface area (Å²) in [5.74, 6) is 1.02. The van der Waals surface area contributed by atoms with Crippen molar-refractivity contribution in [1.29, 1.82) is 5.26 Å². The smallest absolute Gasteiger partial charge is 0.240 e. The number of aromatic hydroxyl groups is 1. The highest BCUT2D eigenvalue weighted by molar-refractivity contribution is 5.83. The van der Waals surface area contributed by atoms with Crippen LogP contribution in [0.3, 0.4) is 0 Å². The van der Waals surface area contributed by atoms with Crippen LogP contribution in [0.2, 0.25) is 0 Å². The molecule has 0 unspecified atom stereocenters. The van der Waals surface area contributed by atoms with Crippen LogP contribution in [0.5, 0.6) is 17.2 Å². The summed E-state index contributed by atoms with van der Waals surface area (Å²) < 4.78 is 10.8. The number of phenolic OH excluding ortho intramolecular Hbond substituents is 1. The van der Waals surface area contributed by atoms with Crippen LogP contribution < -0.4 is 14.8 Å². The maximum atomic E-state index is 12.8. The number of phenols is 1. The molecule has 1 amide bonds. The molecule has 3 atom stereocenters. The molecule has 0 saturated carbocycles. The van der Waals surface area contributed by atoms with Crippen LogP contribution in [0.4, 0.5) is 0 Å². The van der Waals surface area contributed by atoms with E-state index in [1.165, 1.54) is 13.2 Å². The van der Waals surface area contributed by atoms with Gasteiger partial charge < -0.3 is 24.8 Å². The topological polar surface area (TPSA) is 94.8 Å². The van der Waals surface area contributed by atoms with Crippen LogP contribution in [0.1, 0.15) is 30.7 Å². The second-order valence-electron chi connectivity index (χ2n) is 6.45. The molecule has 0 aromatic heterocycles. The van der Waals surface area contributed by atoms with Gasteiger partial charge in [-0.05, 0) is 31.4 Å². The van der Waals surface area contributed by atoms with E-state index < -0.39 is 0 Å². The molecule has 0 bridgehead atoms. The standard InChI is InChI=1S/C18H23N3O4/c1-24-15-6-5-14(22)17(25-2)16(15)11-8-13(20-10-11)18(23)21-7-3-4-12(21)9-19/h5-6,11-13,20,22H,3-4,7-8,10H2,1-2H3/t11-,12-,13-/m0/s1. The molecule has 0 aliphatic carbocycles. The molecule has 1 aromatic carbocycles. The van der Waals surface area contributed by atoms with E-state index >= 15 is 0 Å². The number of rotatable bonds is 4. The lowest BCUT2D eigenvalue weighted by molar-refractivity contribution is -0.133. The van der Waals surface area contributed by atoms with E-state index in [9.17, 15) is 15.2 Å². The first-order valence-corrected chi connectivity index (χ1v) is 8.48. The maximum Gasteiger partial charge on any atom is 0.240 e. The molecule has 0 spiro atoms. The summed E-state index contributed by atoms with van der Waals surface area (Å²) >= 11 is 0. The number of nitriles is 1. The molecule has 0 radical (unpaired) electrons. The quantitative estimate of drug-likeness (QED) is 0.856. The first-order valence-electron chi connectivity index (χ1n) is 8.48. The monoisotopic (exact) mass is 345 g/mol. The van der Waals surface area contributed by atoms with E-state index in [0.717, 1.165) is 18.4 Å². The van der Waals surface area contributed by atoms with Gasteiger partial charge in [-0.2, -0.15) is 5.26 Å². The second-order valence-corrected chi connectivity index (χ2v) is 6.45. The van der Waals surface area contributed by atoms with Crippen LogP contribution in [-0.4, -0.2) is 55.3 Å². The number of nitrogens with zero attached hydrogens (tertiary/aromatic N) is 2. The van der Waals surface area contributed by atoms with Crippen LogP contribution in [0.25, 0.3) is 0 Å². The summed E-state index contributed by atoms with van der Waals surface area (Å²) in [6, 6.07) is 4.79. The largest absolute Gasteiger partial charge is 0.504 e. The van der Waals surface area contributed by atoms with Crippen molar-refractivity contribution in [2.45, 2.75) is 37.3 Å². The number of ether oxygens (including phenoxy) is 2. The minimum Gasteiger partial charge on any atom is -0.504 e. The number of nitrogens with one attached hydrogen (secondary N) is 1. The van der Waals surface area contributed by atoms with Crippen LogP contribution in [-0.2, 0) is 4.79 Å². The minimum atomic E-state index is -0.337. The van der Waals surface area contributed by atoms with Gasteiger partial charge in [-0.3, -0.25) is 4.79 Å². The molecule has 7 nitrogen and oxygen atoms in total. The van der Waals surface area contributed by atoms with Gasteiger partial charge in [0.15, 0.2) is 11.5 Å². The van der Waals surface area contributed by atoms with Gasteiger partial charge >= 0.3 is 0 Å². The Hall–Kier alpha value is -2.46. The summed E-state index contributed by atoms with van der Waals surface area (Å²) in [5.41, 5.74) is 0.769. The Bertz CT molecular complexity index is 700. The molecule has 2 aliphatic rings. The summed E-state index contributed by atoms with van der Waals surface area (Å²) in [6.45, 7) is 1.22. The van der Waals surface area contributed by atoms with Gasteiger partial charge in [0.25, 0.3) is 0 Å². The van der Waals surface area contributed by atoms with E-state index in [0.29, 0.717) is 31.0 Å². The van der Waals surface area contributed by atoms with Crippen molar-refractivity contribution in [1.82, 2.24) is 10.2 Å². The molecule has 7 heteroatoms. The Morgan fingerprint density at radius 2 is 2.20 bits per heavy atom. The van der Waals surface area contributed by atoms with Crippen molar-refractivity contribution in [3.63, 3.8) is 0 Å². The van der Waals surface area contributed by atoms with Gasteiger partial charge in [0, 0.05) is 24.6 Å². The SMILES string of the molecule is COc1ccc(O)c(OC)c1[C@@H]1CN[C@H](C(=O)N2CCC[C@H]2C#N)C1. The number of carbonyl (C=O) groups excluding carboxylic acids is 1. The number of benzene rings is 1.